The molecule has 2 N–H and O–H groups in total. The van der Waals surface area contributed by atoms with Crippen LogP contribution in [-0.2, 0) is 52.8 Å². The standard InChI is InChI=1S/C23H27N3O4S/c1-23(2)20-18(21(27)30-23)17(12-26(20)3)31(4,29)25-22(28)24-19-15-9-5-7-13(15)11-14-8-6-10-16(14)19/h11-12H,4-10H2,1-3H3,(H2,24,25,28,29). The van der Waals surface area contributed by atoms with Crippen LogP contribution in [0.3, 0.4) is 0 Å². The van der Waals surface area contributed by atoms with E-state index in [2.05, 4.69) is 22.0 Å². The lowest BCUT2D eigenvalue weighted by Gasteiger charge is -2.19. The van der Waals surface area contributed by atoms with Crippen LogP contribution < -0.4 is 10.0 Å². The monoisotopic (exact) mass is 441 g/mol. The van der Waals surface area contributed by atoms with Crippen molar-refractivity contribution in [1.82, 2.24) is 9.29 Å². The number of aromatic nitrogens is 1. The van der Waals surface area contributed by atoms with Crippen LogP contribution >= 0.6 is 0 Å². The molecule has 164 valence electrons. The molecule has 0 spiro atoms. The molecule has 2 amide bonds. The topological polar surface area (TPSA) is 89.4 Å². The van der Waals surface area contributed by atoms with Crippen LogP contribution in [0.25, 0.3) is 0 Å². The lowest BCUT2D eigenvalue weighted by molar-refractivity contribution is 0.00687. The van der Waals surface area contributed by atoms with Crippen LogP contribution in [0.2, 0.25) is 0 Å². The predicted molar refractivity (Wildman–Crippen MR) is 120 cm³/mol. The summed E-state index contributed by atoms with van der Waals surface area (Å²) in [7, 11) is -1.52. The van der Waals surface area contributed by atoms with Crippen molar-refractivity contribution >= 4 is 33.3 Å². The van der Waals surface area contributed by atoms with Crippen molar-refractivity contribution in [3.63, 3.8) is 0 Å². The second-order valence-electron chi connectivity index (χ2n) is 9.19. The molecule has 31 heavy (non-hydrogen) atoms. The number of hydrogen-bond donors (Lipinski definition) is 2. The number of carbonyl (C=O) groups is 2. The van der Waals surface area contributed by atoms with E-state index in [1.807, 2.05) is 0 Å². The van der Waals surface area contributed by atoms with E-state index in [1.54, 1.807) is 31.7 Å². The summed E-state index contributed by atoms with van der Waals surface area (Å²) < 4.78 is 23.2. The van der Waals surface area contributed by atoms with E-state index in [-0.39, 0.29) is 10.5 Å². The van der Waals surface area contributed by atoms with Crippen LogP contribution in [-0.4, -0.2) is 26.6 Å². The third kappa shape index (κ3) is 3.07. The highest BCUT2D eigenvalue weighted by molar-refractivity contribution is 7.99. The fourth-order valence-corrected chi connectivity index (χ4v) is 6.71. The maximum absolute atomic E-state index is 13.5. The van der Waals surface area contributed by atoms with Gasteiger partial charge in [0.1, 0.15) is 11.2 Å². The summed E-state index contributed by atoms with van der Waals surface area (Å²) in [5, 5.41) is 2.98. The number of nitrogens with zero attached hydrogens (tertiary/aromatic N) is 1. The lowest BCUT2D eigenvalue weighted by Crippen LogP contribution is -2.35. The van der Waals surface area contributed by atoms with E-state index < -0.39 is 27.3 Å². The molecule has 1 unspecified atom stereocenters. The molecule has 1 aromatic heterocycles. The van der Waals surface area contributed by atoms with Crippen LogP contribution in [0.4, 0.5) is 10.5 Å². The number of fused-ring (bicyclic) bond motifs is 3. The summed E-state index contributed by atoms with van der Waals surface area (Å²) in [4.78, 5) is 25.6. The van der Waals surface area contributed by atoms with Gasteiger partial charge in [-0.25, -0.2) is 13.8 Å². The summed E-state index contributed by atoms with van der Waals surface area (Å²) >= 11 is 0. The lowest BCUT2D eigenvalue weighted by atomic mass is 9.99. The number of rotatable bonds is 3. The summed E-state index contributed by atoms with van der Waals surface area (Å²) in [5.41, 5.74) is 5.89. The Morgan fingerprint density at radius 2 is 1.77 bits per heavy atom. The van der Waals surface area contributed by atoms with Crippen molar-refractivity contribution in [2.45, 2.75) is 62.9 Å². The van der Waals surface area contributed by atoms with Gasteiger partial charge in [0.2, 0.25) is 0 Å². The molecule has 7 nitrogen and oxygen atoms in total. The highest BCUT2D eigenvalue weighted by atomic mass is 32.2. The zero-order valence-electron chi connectivity index (χ0n) is 18.1. The predicted octanol–water partition coefficient (Wildman–Crippen LogP) is 3.22. The number of hydrogen-bond acceptors (Lipinski definition) is 4. The van der Waals surface area contributed by atoms with Crippen LogP contribution in [0.15, 0.2) is 17.2 Å². The van der Waals surface area contributed by atoms with Crippen LogP contribution in [0.1, 0.15) is 65.0 Å². The molecule has 0 saturated carbocycles. The molecule has 8 heteroatoms. The maximum atomic E-state index is 13.5. The average Bonchev–Trinajstić information content (AvgIpc) is 3.40. The zero-order chi connectivity index (χ0) is 22.1. The molecule has 1 aliphatic heterocycles. The average molecular weight is 442 g/mol. The van der Waals surface area contributed by atoms with E-state index in [0.29, 0.717) is 5.69 Å². The van der Waals surface area contributed by atoms with Gasteiger partial charge in [-0.15, -0.1) is 0 Å². The van der Waals surface area contributed by atoms with Gasteiger partial charge >= 0.3 is 12.0 Å². The van der Waals surface area contributed by atoms with Crippen LogP contribution in [0.5, 0.6) is 0 Å². The van der Waals surface area contributed by atoms with Gasteiger partial charge in [0.15, 0.2) is 0 Å². The zero-order valence-corrected chi connectivity index (χ0v) is 18.9. The van der Waals surface area contributed by atoms with Crippen molar-refractivity contribution in [2.24, 2.45) is 7.05 Å². The Balaban J connectivity index is 1.46. The van der Waals surface area contributed by atoms with Gasteiger partial charge in [0.25, 0.3) is 0 Å². The van der Waals surface area contributed by atoms with Crippen molar-refractivity contribution in [3.8, 4) is 0 Å². The molecule has 2 aliphatic carbocycles. The number of urea groups is 1. The van der Waals surface area contributed by atoms with Crippen molar-refractivity contribution < 1.29 is 18.5 Å². The molecule has 3 aliphatic rings. The SMILES string of the molecule is C=S(=O)(NC(=O)Nc1c2c(cc3c1CCC3)CCC2)c1cn(C)c2c1C(=O)OC2(C)C. The minimum atomic E-state index is -3.28. The number of amides is 2. The third-order valence-corrected chi connectivity index (χ3v) is 8.13. The Morgan fingerprint density at radius 3 is 2.39 bits per heavy atom. The molecular weight excluding hydrogens is 414 g/mol. The first-order valence-electron chi connectivity index (χ1n) is 10.6. The van der Waals surface area contributed by atoms with E-state index >= 15 is 0 Å². The second-order valence-corrected chi connectivity index (χ2v) is 11.2. The fourth-order valence-electron chi connectivity index (χ4n) is 5.41. The van der Waals surface area contributed by atoms with Gasteiger partial charge in [0.05, 0.1) is 20.3 Å². The number of carbonyl (C=O) groups excluding carboxylic acids is 2. The molecule has 2 aromatic rings. The Morgan fingerprint density at radius 1 is 1.16 bits per heavy atom. The molecule has 0 saturated heterocycles. The molecule has 1 aromatic carbocycles. The smallest absolute Gasteiger partial charge is 0.342 e. The molecular formula is C23H27N3O4S. The van der Waals surface area contributed by atoms with Crippen LogP contribution in [0, 0.1) is 0 Å². The molecule has 0 fully saturated rings. The van der Waals surface area contributed by atoms with E-state index in [4.69, 9.17) is 4.74 Å². The number of aryl methyl sites for hydroxylation is 3. The number of benzene rings is 1. The molecule has 2 heterocycles. The van der Waals surface area contributed by atoms with E-state index in [1.165, 1.54) is 22.3 Å². The first kappa shape index (κ1) is 20.2. The molecule has 1 atom stereocenters. The maximum Gasteiger partial charge on any atom is 0.342 e. The van der Waals surface area contributed by atoms with E-state index in [0.717, 1.165) is 44.2 Å². The Kier molecular flexibility index (Phi) is 4.31. The Labute approximate surface area is 182 Å². The van der Waals surface area contributed by atoms with Crippen molar-refractivity contribution in [2.75, 3.05) is 5.32 Å². The number of esters is 1. The molecule has 5 rings (SSSR count). The molecule has 0 radical (unpaired) electrons. The third-order valence-electron chi connectivity index (χ3n) is 6.59. The van der Waals surface area contributed by atoms with Crippen molar-refractivity contribution in [1.29, 1.82) is 0 Å². The Hall–Kier alpha value is -2.74. The van der Waals surface area contributed by atoms with Gasteiger partial charge in [-0.2, -0.15) is 0 Å². The normalized spacial score (nSPS) is 19.9. The number of ether oxygens (including phenoxy) is 1. The van der Waals surface area contributed by atoms with Gasteiger partial charge in [-0.3, -0.25) is 4.72 Å². The van der Waals surface area contributed by atoms with Gasteiger partial charge < -0.3 is 14.6 Å². The van der Waals surface area contributed by atoms with E-state index in [9.17, 15) is 13.8 Å². The first-order valence-corrected chi connectivity index (χ1v) is 12.4. The number of nitrogens with one attached hydrogen (secondary N) is 2. The fraction of sp³-hybridized carbons (Fsp3) is 0.435. The second kappa shape index (κ2) is 6.63. The Bertz CT molecular complexity index is 1220. The number of cyclic esters (lactones) is 1. The summed E-state index contributed by atoms with van der Waals surface area (Å²) in [6.07, 6.45) is 7.68. The highest BCUT2D eigenvalue weighted by Crippen LogP contribution is 2.40. The van der Waals surface area contributed by atoms with Gasteiger partial charge in [0, 0.05) is 18.9 Å². The largest absolute Gasteiger partial charge is 0.450 e. The first-order chi connectivity index (χ1) is 14.6. The highest BCUT2D eigenvalue weighted by Gasteiger charge is 2.44. The minimum Gasteiger partial charge on any atom is -0.450 e. The quantitative estimate of drug-likeness (QED) is 0.565. The van der Waals surface area contributed by atoms with Crippen molar-refractivity contribution in [3.05, 3.63) is 45.8 Å². The number of anilines is 1. The summed E-state index contributed by atoms with van der Waals surface area (Å²) in [6, 6.07) is 1.72. The van der Waals surface area contributed by atoms with Gasteiger partial charge in [-0.05, 0) is 80.5 Å². The summed E-state index contributed by atoms with van der Waals surface area (Å²) in [5.74, 6) is 3.23. The summed E-state index contributed by atoms with van der Waals surface area (Å²) in [6.45, 7) is 3.56. The minimum absolute atomic E-state index is 0.194. The molecule has 0 bridgehead atoms. The van der Waals surface area contributed by atoms with Gasteiger partial charge in [-0.1, -0.05) is 6.07 Å².